The second kappa shape index (κ2) is 4.92. The molecule has 8 nitrogen and oxygen atoms in total. The van der Waals surface area contributed by atoms with E-state index in [2.05, 4.69) is 5.32 Å². The molecule has 8 heteroatoms. The Morgan fingerprint density at radius 2 is 2.32 bits per heavy atom. The largest absolute Gasteiger partial charge is 0.482 e. The van der Waals surface area contributed by atoms with Gasteiger partial charge in [-0.15, -0.1) is 0 Å². The fourth-order valence-corrected chi connectivity index (χ4v) is 1.70. The van der Waals surface area contributed by atoms with E-state index in [0.717, 1.165) is 0 Å². The minimum atomic E-state index is -0.572. The molecule has 0 spiro atoms. The van der Waals surface area contributed by atoms with Crippen molar-refractivity contribution in [2.45, 2.75) is 0 Å². The zero-order valence-electron chi connectivity index (χ0n) is 10.1. The number of carbonyl (C=O) groups excluding carboxylic acids is 2. The Morgan fingerprint density at radius 1 is 1.58 bits per heavy atom. The van der Waals surface area contributed by atoms with Gasteiger partial charge in [0.2, 0.25) is 5.91 Å². The second-order valence-corrected chi connectivity index (χ2v) is 3.85. The van der Waals surface area contributed by atoms with E-state index in [9.17, 15) is 19.7 Å². The standard InChI is InChI=1S/C11H11N3O5/c1-12-10(15)5-13-8-4-7(14(17)18)2-3-9(8)19-6-11(13)16/h2-4H,5-6H2,1H3,(H,12,15). The number of amides is 2. The average molecular weight is 265 g/mol. The van der Waals surface area contributed by atoms with E-state index in [1.165, 1.54) is 30.1 Å². The van der Waals surface area contributed by atoms with Crippen molar-refractivity contribution in [3.63, 3.8) is 0 Å². The lowest BCUT2D eigenvalue weighted by molar-refractivity contribution is -0.384. The molecule has 2 amide bonds. The highest BCUT2D eigenvalue weighted by Crippen LogP contribution is 2.34. The Bertz CT molecular complexity index is 557. The molecule has 0 fully saturated rings. The Labute approximate surface area is 108 Å². The fraction of sp³-hybridized carbons (Fsp3) is 0.273. The third kappa shape index (κ3) is 2.46. The van der Waals surface area contributed by atoms with Crippen molar-refractivity contribution in [2.24, 2.45) is 0 Å². The van der Waals surface area contributed by atoms with Gasteiger partial charge in [-0.2, -0.15) is 0 Å². The molecule has 0 radical (unpaired) electrons. The van der Waals surface area contributed by atoms with E-state index in [1.807, 2.05) is 0 Å². The van der Waals surface area contributed by atoms with Crippen LogP contribution in [0.2, 0.25) is 0 Å². The zero-order chi connectivity index (χ0) is 14.0. The number of nitro benzene ring substituents is 1. The maximum Gasteiger partial charge on any atom is 0.271 e. The van der Waals surface area contributed by atoms with Crippen LogP contribution in [0.1, 0.15) is 0 Å². The number of benzene rings is 1. The summed E-state index contributed by atoms with van der Waals surface area (Å²) in [6.45, 7) is -0.394. The van der Waals surface area contributed by atoms with Crippen LogP contribution in [0.3, 0.4) is 0 Å². The van der Waals surface area contributed by atoms with Crippen LogP contribution in [-0.4, -0.2) is 36.9 Å². The molecule has 100 valence electrons. The molecule has 0 unspecified atom stereocenters. The van der Waals surface area contributed by atoms with Crippen molar-refractivity contribution in [1.29, 1.82) is 0 Å². The molecule has 0 aromatic heterocycles. The number of rotatable bonds is 3. The number of hydrogen-bond donors (Lipinski definition) is 1. The number of carbonyl (C=O) groups is 2. The smallest absolute Gasteiger partial charge is 0.271 e. The van der Waals surface area contributed by atoms with Crippen LogP contribution < -0.4 is 15.0 Å². The molecule has 1 aliphatic heterocycles. The van der Waals surface area contributed by atoms with Crippen LogP contribution in [0.25, 0.3) is 0 Å². The molecule has 2 rings (SSSR count). The summed E-state index contributed by atoms with van der Waals surface area (Å²) in [5, 5.41) is 13.1. The van der Waals surface area contributed by atoms with Gasteiger partial charge in [0.15, 0.2) is 6.61 Å². The molecule has 0 aliphatic carbocycles. The molecular weight excluding hydrogens is 254 g/mol. The van der Waals surface area contributed by atoms with Crippen molar-refractivity contribution in [3.05, 3.63) is 28.3 Å². The first-order valence-electron chi connectivity index (χ1n) is 5.45. The van der Waals surface area contributed by atoms with Gasteiger partial charge in [-0.3, -0.25) is 24.6 Å². The van der Waals surface area contributed by atoms with E-state index in [1.54, 1.807) is 0 Å². The first-order chi connectivity index (χ1) is 9.02. The molecule has 1 aliphatic rings. The number of fused-ring (bicyclic) bond motifs is 1. The van der Waals surface area contributed by atoms with Crippen LogP contribution in [0.15, 0.2) is 18.2 Å². The summed E-state index contributed by atoms with van der Waals surface area (Å²) in [6.07, 6.45) is 0. The highest BCUT2D eigenvalue weighted by molar-refractivity contribution is 6.02. The van der Waals surface area contributed by atoms with Gasteiger partial charge in [0.1, 0.15) is 12.3 Å². The van der Waals surface area contributed by atoms with Crippen molar-refractivity contribution in [1.82, 2.24) is 5.32 Å². The Hall–Kier alpha value is -2.64. The number of likely N-dealkylation sites (N-methyl/N-ethyl adjacent to an activating group) is 1. The number of ether oxygens (including phenoxy) is 1. The summed E-state index contributed by atoms with van der Waals surface area (Å²) in [5.74, 6) is -0.446. The van der Waals surface area contributed by atoms with Crippen LogP contribution in [0.4, 0.5) is 11.4 Å². The van der Waals surface area contributed by atoms with E-state index in [4.69, 9.17) is 4.74 Å². The van der Waals surface area contributed by atoms with Gasteiger partial charge in [-0.05, 0) is 6.07 Å². The lowest BCUT2D eigenvalue weighted by Gasteiger charge is -2.28. The predicted molar refractivity (Wildman–Crippen MR) is 65.0 cm³/mol. The lowest BCUT2D eigenvalue weighted by Crippen LogP contribution is -2.44. The number of non-ortho nitro benzene ring substituents is 1. The van der Waals surface area contributed by atoms with E-state index in [-0.39, 0.29) is 30.4 Å². The Morgan fingerprint density at radius 3 is 2.95 bits per heavy atom. The lowest BCUT2D eigenvalue weighted by atomic mass is 10.2. The molecule has 0 atom stereocenters. The normalized spacial score (nSPS) is 13.5. The third-order valence-electron chi connectivity index (χ3n) is 2.68. The van der Waals surface area contributed by atoms with Gasteiger partial charge in [-0.25, -0.2) is 0 Å². The summed E-state index contributed by atoms with van der Waals surface area (Å²) in [5.41, 5.74) is 0.0630. The Balaban J connectivity index is 2.41. The summed E-state index contributed by atoms with van der Waals surface area (Å²) in [7, 11) is 1.45. The van der Waals surface area contributed by atoms with Gasteiger partial charge in [0.05, 0.1) is 10.6 Å². The average Bonchev–Trinajstić information content (AvgIpc) is 2.41. The molecule has 1 N–H and O–H groups in total. The molecule has 0 saturated carbocycles. The maximum absolute atomic E-state index is 11.7. The molecule has 19 heavy (non-hydrogen) atoms. The van der Waals surface area contributed by atoms with Gasteiger partial charge >= 0.3 is 0 Å². The second-order valence-electron chi connectivity index (χ2n) is 3.85. The van der Waals surface area contributed by atoms with Gasteiger partial charge < -0.3 is 10.1 Å². The van der Waals surface area contributed by atoms with E-state index < -0.39 is 10.8 Å². The molecule has 0 saturated heterocycles. The van der Waals surface area contributed by atoms with Crippen LogP contribution in [0, 0.1) is 10.1 Å². The first kappa shape index (κ1) is 12.8. The summed E-state index contributed by atoms with van der Waals surface area (Å²) in [6, 6.07) is 3.92. The first-order valence-corrected chi connectivity index (χ1v) is 5.45. The SMILES string of the molecule is CNC(=O)CN1C(=O)COc2ccc([N+](=O)[O-])cc21. The molecule has 0 bridgehead atoms. The summed E-state index contributed by atoms with van der Waals surface area (Å²) < 4.78 is 5.17. The third-order valence-corrected chi connectivity index (χ3v) is 2.68. The van der Waals surface area contributed by atoms with Crippen LogP contribution in [-0.2, 0) is 9.59 Å². The summed E-state index contributed by atoms with van der Waals surface area (Å²) in [4.78, 5) is 34.4. The maximum atomic E-state index is 11.7. The van der Waals surface area contributed by atoms with E-state index in [0.29, 0.717) is 5.75 Å². The van der Waals surface area contributed by atoms with Gasteiger partial charge in [-0.1, -0.05) is 0 Å². The molecule has 1 heterocycles. The van der Waals surface area contributed by atoms with E-state index >= 15 is 0 Å². The number of nitro groups is 1. The van der Waals surface area contributed by atoms with Crippen molar-refractivity contribution >= 4 is 23.2 Å². The van der Waals surface area contributed by atoms with Crippen LogP contribution in [0.5, 0.6) is 5.75 Å². The monoisotopic (exact) mass is 265 g/mol. The van der Waals surface area contributed by atoms with Gasteiger partial charge in [0, 0.05) is 19.2 Å². The van der Waals surface area contributed by atoms with Crippen LogP contribution >= 0.6 is 0 Å². The highest BCUT2D eigenvalue weighted by atomic mass is 16.6. The van der Waals surface area contributed by atoms with Crippen molar-refractivity contribution < 1.29 is 19.2 Å². The minimum absolute atomic E-state index is 0.168. The molecular formula is C11H11N3O5. The minimum Gasteiger partial charge on any atom is -0.482 e. The van der Waals surface area contributed by atoms with Crippen molar-refractivity contribution in [3.8, 4) is 5.75 Å². The zero-order valence-corrected chi connectivity index (χ0v) is 10.1. The number of anilines is 1. The number of nitrogens with zero attached hydrogens (tertiary/aromatic N) is 2. The number of nitrogens with one attached hydrogen (secondary N) is 1. The van der Waals surface area contributed by atoms with Crippen molar-refractivity contribution in [2.75, 3.05) is 25.1 Å². The quantitative estimate of drug-likeness (QED) is 0.615. The van der Waals surface area contributed by atoms with Gasteiger partial charge in [0.25, 0.3) is 11.6 Å². The summed E-state index contributed by atoms with van der Waals surface area (Å²) >= 11 is 0. The molecule has 1 aromatic rings. The topological polar surface area (TPSA) is 102 Å². The number of hydrogen-bond acceptors (Lipinski definition) is 5. The predicted octanol–water partition coefficient (Wildman–Crippen LogP) is 0.0662. The Kier molecular flexibility index (Phi) is 3.32. The molecule has 1 aromatic carbocycles. The highest BCUT2D eigenvalue weighted by Gasteiger charge is 2.28. The fourth-order valence-electron chi connectivity index (χ4n) is 1.70.